The zero-order chi connectivity index (χ0) is 17.0. The number of carbonyl (C=O) groups is 2. The maximum absolute atomic E-state index is 13.0. The minimum atomic E-state index is -0.450. The standard InChI is InChI=1S/C16H13Cl2FN2O2/c1-10(22)21(12-7-5-11(19)6-8-12)9-15(23)20-14-4-2-3-13(17)16(14)18/h2-8H,9H2,1H3,(H,20,23). The van der Waals surface area contributed by atoms with Crippen LogP contribution in [0, 0.1) is 5.82 Å². The van der Waals surface area contributed by atoms with Crippen molar-refractivity contribution < 1.29 is 14.0 Å². The van der Waals surface area contributed by atoms with Gasteiger partial charge < -0.3 is 10.2 Å². The fraction of sp³-hybridized carbons (Fsp3) is 0.125. The molecule has 0 aliphatic heterocycles. The Hall–Kier alpha value is -2.11. The van der Waals surface area contributed by atoms with E-state index in [1.54, 1.807) is 18.2 Å². The summed E-state index contributed by atoms with van der Waals surface area (Å²) in [6.07, 6.45) is 0. The predicted octanol–water partition coefficient (Wildman–Crippen LogP) is 4.12. The molecule has 0 saturated heterocycles. The molecule has 0 saturated carbocycles. The number of carbonyl (C=O) groups excluding carboxylic acids is 2. The number of nitrogens with one attached hydrogen (secondary N) is 1. The summed E-state index contributed by atoms with van der Waals surface area (Å²) >= 11 is 11.9. The molecule has 2 rings (SSSR count). The second-order valence-corrected chi connectivity index (χ2v) is 5.52. The van der Waals surface area contributed by atoms with E-state index >= 15 is 0 Å². The lowest BCUT2D eigenvalue weighted by molar-refractivity contribution is -0.120. The highest BCUT2D eigenvalue weighted by Crippen LogP contribution is 2.29. The lowest BCUT2D eigenvalue weighted by Crippen LogP contribution is -2.36. The molecule has 0 aromatic heterocycles. The molecule has 0 radical (unpaired) electrons. The molecule has 2 amide bonds. The number of rotatable bonds is 4. The molecular weight excluding hydrogens is 342 g/mol. The van der Waals surface area contributed by atoms with Gasteiger partial charge in [0.1, 0.15) is 12.4 Å². The molecule has 0 bridgehead atoms. The fourth-order valence-electron chi connectivity index (χ4n) is 1.94. The van der Waals surface area contributed by atoms with Gasteiger partial charge in [-0.1, -0.05) is 29.3 Å². The molecule has 120 valence electrons. The molecule has 0 spiro atoms. The highest BCUT2D eigenvalue weighted by molar-refractivity contribution is 6.44. The zero-order valence-electron chi connectivity index (χ0n) is 12.1. The average molecular weight is 355 g/mol. The molecular formula is C16H13Cl2FN2O2. The lowest BCUT2D eigenvalue weighted by atomic mass is 10.2. The van der Waals surface area contributed by atoms with Gasteiger partial charge in [0.15, 0.2) is 0 Å². The summed E-state index contributed by atoms with van der Waals surface area (Å²) in [4.78, 5) is 25.1. The summed E-state index contributed by atoms with van der Waals surface area (Å²) in [5.74, 6) is -1.22. The van der Waals surface area contributed by atoms with Crippen molar-refractivity contribution in [3.05, 3.63) is 58.3 Å². The third-order valence-corrected chi connectivity index (χ3v) is 3.86. The average Bonchev–Trinajstić information content (AvgIpc) is 2.50. The van der Waals surface area contributed by atoms with Gasteiger partial charge in [-0.15, -0.1) is 0 Å². The van der Waals surface area contributed by atoms with E-state index in [0.29, 0.717) is 16.4 Å². The van der Waals surface area contributed by atoms with Crippen molar-refractivity contribution >= 4 is 46.4 Å². The topological polar surface area (TPSA) is 49.4 Å². The van der Waals surface area contributed by atoms with E-state index < -0.39 is 11.7 Å². The third-order valence-electron chi connectivity index (χ3n) is 3.05. The van der Waals surface area contributed by atoms with Crippen LogP contribution in [0.5, 0.6) is 0 Å². The lowest BCUT2D eigenvalue weighted by Gasteiger charge is -2.21. The van der Waals surface area contributed by atoms with E-state index in [-0.39, 0.29) is 17.5 Å². The Morgan fingerprint density at radius 2 is 1.78 bits per heavy atom. The summed E-state index contributed by atoms with van der Waals surface area (Å²) in [5, 5.41) is 3.13. The highest BCUT2D eigenvalue weighted by atomic mass is 35.5. The van der Waals surface area contributed by atoms with E-state index in [1.807, 2.05) is 0 Å². The van der Waals surface area contributed by atoms with Gasteiger partial charge in [0.25, 0.3) is 0 Å². The molecule has 7 heteroatoms. The van der Waals surface area contributed by atoms with Crippen molar-refractivity contribution in [3.63, 3.8) is 0 Å². The van der Waals surface area contributed by atoms with Crippen molar-refractivity contribution in [1.29, 1.82) is 0 Å². The van der Waals surface area contributed by atoms with Crippen molar-refractivity contribution in [1.82, 2.24) is 0 Å². The Morgan fingerprint density at radius 1 is 1.13 bits per heavy atom. The quantitative estimate of drug-likeness (QED) is 0.897. The normalized spacial score (nSPS) is 10.3. The molecule has 0 fully saturated rings. The number of halogens is 3. The summed E-state index contributed by atoms with van der Waals surface area (Å²) in [5.41, 5.74) is 0.776. The predicted molar refractivity (Wildman–Crippen MR) is 89.5 cm³/mol. The summed E-state index contributed by atoms with van der Waals surface area (Å²) in [6, 6.07) is 10.1. The number of amides is 2. The molecule has 0 atom stereocenters. The van der Waals surface area contributed by atoms with Crippen LogP contribution in [0.3, 0.4) is 0 Å². The molecule has 0 aliphatic carbocycles. The second kappa shape index (κ2) is 7.44. The minimum absolute atomic E-state index is 0.221. The van der Waals surface area contributed by atoms with E-state index in [9.17, 15) is 14.0 Å². The third kappa shape index (κ3) is 4.43. The summed E-state index contributed by atoms with van der Waals surface area (Å²) in [7, 11) is 0. The van der Waals surface area contributed by atoms with Gasteiger partial charge in [0, 0.05) is 12.6 Å². The second-order valence-electron chi connectivity index (χ2n) is 4.73. The number of hydrogen-bond acceptors (Lipinski definition) is 2. The van der Waals surface area contributed by atoms with Gasteiger partial charge in [-0.05, 0) is 36.4 Å². The SMILES string of the molecule is CC(=O)N(CC(=O)Nc1cccc(Cl)c1Cl)c1ccc(F)cc1. The monoisotopic (exact) mass is 354 g/mol. The number of hydrogen-bond donors (Lipinski definition) is 1. The number of nitrogens with zero attached hydrogens (tertiary/aromatic N) is 1. The van der Waals surface area contributed by atoms with Crippen LogP contribution < -0.4 is 10.2 Å². The van der Waals surface area contributed by atoms with Crippen molar-refractivity contribution in [2.75, 3.05) is 16.8 Å². The van der Waals surface area contributed by atoms with Crippen LogP contribution in [-0.4, -0.2) is 18.4 Å². The Labute approximate surface area is 142 Å². The first kappa shape index (κ1) is 17.2. The molecule has 1 N–H and O–H groups in total. The Morgan fingerprint density at radius 3 is 2.39 bits per heavy atom. The highest BCUT2D eigenvalue weighted by Gasteiger charge is 2.17. The van der Waals surface area contributed by atoms with Crippen LogP contribution in [0.2, 0.25) is 10.0 Å². The fourth-order valence-corrected chi connectivity index (χ4v) is 2.29. The smallest absolute Gasteiger partial charge is 0.244 e. The molecule has 0 heterocycles. The van der Waals surface area contributed by atoms with Gasteiger partial charge >= 0.3 is 0 Å². The summed E-state index contributed by atoms with van der Waals surface area (Å²) in [6.45, 7) is 1.09. The zero-order valence-corrected chi connectivity index (χ0v) is 13.7. The van der Waals surface area contributed by atoms with Crippen LogP contribution in [0.25, 0.3) is 0 Å². The summed E-state index contributed by atoms with van der Waals surface area (Å²) < 4.78 is 13.0. The first-order valence-electron chi connectivity index (χ1n) is 6.66. The van der Waals surface area contributed by atoms with Crippen molar-refractivity contribution in [2.24, 2.45) is 0 Å². The van der Waals surface area contributed by atoms with E-state index in [0.717, 1.165) is 0 Å². The maximum atomic E-state index is 13.0. The van der Waals surface area contributed by atoms with E-state index in [2.05, 4.69) is 5.32 Å². The first-order chi connectivity index (χ1) is 10.9. The van der Waals surface area contributed by atoms with Crippen molar-refractivity contribution in [2.45, 2.75) is 6.92 Å². The Kier molecular flexibility index (Phi) is 5.58. The minimum Gasteiger partial charge on any atom is -0.323 e. The van der Waals surface area contributed by atoms with Crippen LogP contribution in [-0.2, 0) is 9.59 Å². The van der Waals surface area contributed by atoms with Gasteiger partial charge in [0.05, 0.1) is 15.7 Å². The van der Waals surface area contributed by atoms with Gasteiger partial charge in [-0.25, -0.2) is 4.39 Å². The van der Waals surface area contributed by atoms with E-state index in [4.69, 9.17) is 23.2 Å². The molecule has 4 nitrogen and oxygen atoms in total. The number of benzene rings is 2. The molecule has 23 heavy (non-hydrogen) atoms. The number of anilines is 2. The molecule has 2 aromatic carbocycles. The van der Waals surface area contributed by atoms with Gasteiger partial charge in [-0.2, -0.15) is 0 Å². The first-order valence-corrected chi connectivity index (χ1v) is 7.41. The van der Waals surface area contributed by atoms with Gasteiger partial charge in [-0.3, -0.25) is 9.59 Å². The largest absolute Gasteiger partial charge is 0.323 e. The molecule has 2 aromatic rings. The maximum Gasteiger partial charge on any atom is 0.244 e. The van der Waals surface area contributed by atoms with Crippen LogP contribution >= 0.6 is 23.2 Å². The molecule has 0 aliphatic rings. The Balaban J connectivity index is 2.14. The Bertz CT molecular complexity index is 735. The van der Waals surface area contributed by atoms with Crippen LogP contribution in [0.15, 0.2) is 42.5 Å². The van der Waals surface area contributed by atoms with Crippen LogP contribution in [0.1, 0.15) is 6.92 Å². The molecule has 0 unspecified atom stereocenters. The van der Waals surface area contributed by atoms with Gasteiger partial charge in [0.2, 0.25) is 11.8 Å². The van der Waals surface area contributed by atoms with E-state index in [1.165, 1.54) is 36.1 Å². The van der Waals surface area contributed by atoms with Crippen LogP contribution in [0.4, 0.5) is 15.8 Å². The van der Waals surface area contributed by atoms with Crippen molar-refractivity contribution in [3.8, 4) is 0 Å².